The maximum absolute atomic E-state index is 11.7. The van der Waals surface area contributed by atoms with E-state index in [1.807, 2.05) is 13.8 Å². The molecule has 0 spiro atoms. The average Bonchev–Trinajstić information content (AvgIpc) is 2.18. The van der Waals surface area contributed by atoms with Crippen molar-refractivity contribution in [3.8, 4) is 0 Å². The third-order valence-corrected chi connectivity index (χ3v) is 3.10. The van der Waals surface area contributed by atoms with Crippen molar-refractivity contribution in [1.82, 2.24) is 0 Å². The Morgan fingerprint density at radius 2 is 2.00 bits per heavy atom. The second-order valence-electron chi connectivity index (χ2n) is 3.84. The first-order valence-corrected chi connectivity index (χ1v) is 6.33. The summed E-state index contributed by atoms with van der Waals surface area (Å²) in [5.74, 6) is 0.690. The fourth-order valence-corrected chi connectivity index (χ4v) is 1.76. The van der Waals surface area contributed by atoms with Crippen LogP contribution in [-0.2, 0) is 14.3 Å². The Balaban J connectivity index is 3.80. The molecule has 0 aliphatic heterocycles. The number of carbonyl (C=O) groups excluding carboxylic acids is 1. The van der Waals surface area contributed by atoms with Crippen LogP contribution in [-0.4, -0.2) is 36.8 Å². The SMILES string of the molecule is CCCCOC(C)(C)C(=O)SCCOC. The smallest absolute Gasteiger partial charge is 0.220 e. The van der Waals surface area contributed by atoms with Gasteiger partial charge in [-0.3, -0.25) is 4.79 Å². The minimum atomic E-state index is -0.673. The molecule has 0 saturated carbocycles. The Kier molecular flexibility index (Phi) is 8.10. The molecular weight excluding hydrogens is 212 g/mol. The molecular formula is C11H22O3S. The quantitative estimate of drug-likeness (QED) is 0.604. The van der Waals surface area contributed by atoms with Gasteiger partial charge in [-0.05, 0) is 20.3 Å². The van der Waals surface area contributed by atoms with Crippen molar-refractivity contribution >= 4 is 16.9 Å². The summed E-state index contributed by atoms with van der Waals surface area (Å²) in [7, 11) is 1.63. The third-order valence-electron chi connectivity index (χ3n) is 1.97. The van der Waals surface area contributed by atoms with Crippen molar-refractivity contribution in [2.24, 2.45) is 0 Å². The molecule has 0 unspecified atom stereocenters. The molecule has 3 nitrogen and oxygen atoms in total. The molecule has 0 bridgehead atoms. The number of carbonyl (C=O) groups is 1. The summed E-state index contributed by atoms with van der Waals surface area (Å²) < 4.78 is 10.4. The Morgan fingerprint density at radius 3 is 2.53 bits per heavy atom. The van der Waals surface area contributed by atoms with Crippen molar-refractivity contribution in [3.05, 3.63) is 0 Å². The molecule has 0 heterocycles. The number of methoxy groups -OCH3 is 1. The van der Waals surface area contributed by atoms with Gasteiger partial charge in [-0.15, -0.1) is 0 Å². The minimum Gasteiger partial charge on any atom is -0.384 e. The van der Waals surface area contributed by atoms with Crippen LogP contribution in [0.1, 0.15) is 33.6 Å². The first-order valence-electron chi connectivity index (χ1n) is 5.34. The van der Waals surface area contributed by atoms with Crippen LogP contribution in [0, 0.1) is 0 Å². The van der Waals surface area contributed by atoms with E-state index in [-0.39, 0.29) is 5.12 Å². The van der Waals surface area contributed by atoms with E-state index in [4.69, 9.17) is 9.47 Å². The van der Waals surface area contributed by atoms with Gasteiger partial charge in [0.1, 0.15) is 5.60 Å². The molecule has 0 fully saturated rings. The Hall–Kier alpha value is -0.0600. The monoisotopic (exact) mass is 234 g/mol. The highest BCUT2D eigenvalue weighted by atomic mass is 32.2. The van der Waals surface area contributed by atoms with Crippen LogP contribution < -0.4 is 0 Å². The van der Waals surface area contributed by atoms with Gasteiger partial charge < -0.3 is 9.47 Å². The van der Waals surface area contributed by atoms with Crippen molar-refractivity contribution < 1.29 is 14.3 Å². The first kappa shape index (κ1) is 14.9. The summed E-state index contributed by atoms with van der Waals surface area (Å²) in [6.45, 7) is 7.00. The van der Waals surface area contributed by atoms with Gasteiger partial charge >= 0.3 is 0 Å². The summed E-state index contributed by atoms with van der Waals surface area (Å²) in [5, 5.41) is 0.0793. The second-order valence-corrected chi connectivity index (χ2v) is 4.91. The fraction of sp³-hybridized carbons (Fsp3) is 0.909. The van der Waals surface area contributed by atoms with Gasteiger partial charge in [0.15, 0.2) is 0 Å². The molecule has 0 rings (SSSR count). The molecule has 15 heavy (non-hydrogen) atoms. The lowest BCUT2D eigenvalue weighted by atomic mass is 10.2. The predicted octanol–water partition coefficient (Wildman–Crippen LogP) is 2.49. The standard InChI is InChI=1S/C11H22O3S/c1-5-6-7-14-11(2,3)10(12)15-9-8-13-4/h5-9H2,1-4H3. The molecule has 0 aliphatic rings. The van der Waals surface area contributed by atoms with Gasteiger partial charge in [-0.25, -0.2) is 0 Å². The minimum absolute atomic E-state index is 0.0793. The molecule has 90 valence electrons. The van der Waals surface area contributed by atoms with Gasteiger partial charge in [-0.1, -0.05) is 25.1 Å². The van der Waals surface area contributed by atoms with E-state index in [1.54, 1.807) is 7.11 Å². The van der Waals surface area contributed by atoms with Gasteiger partial charge in [-0.2, -0.15) is 0 Å². The van der Waals surface area contributed by atoms with Crippen LogP contribution in [0.25, 0.3) is 0 Å². The Bertz CT molecular complexity index is 181. The molecule has 4 heteroatoms. The largest absolute Gasteiger partial charge is 0.384 e. The van der Waals surface area contributed by atoms with E-state index in [1.165, 1.54) is 11.8 Å². The average molecular weight is 234 g/mol. The number of hydrogen-bond acceptors (Lipinski definition) is 4. The molecule has 0 atom stereocenters. The third kappa shape index (κ3) is 6.93. The highest BCUT2D eigenvalue weighted by Gasteiger charge is 2.28. The normalized spacial score (nSPS) is 11.7. The summed E-state index contributed by atoms with van der Waals surface area (Å²) in [5.41, 5.74) is -0.673. The van der Waals surface area contributed by atoms with Crippen molar-refractivity contribution in [1.29, 1.82) is 0 Å². The molecule has 0 saturated heterocycles. The lowest BCUT2D eigenvalue weighted by molar-refractivity contribution is -0.130. The van der Waals surface area contributed by atoms with E-state index in [0.29, 0.717) is 19.0 Å². The molecule has 0 aromatic heterocycles. The highest BCUT2D eigenvalue weighted by molar-refractivity contribution is 8.13. The maximum atomic E-state index is 11.7. The zero-order chi connectivity index (χ0) is 11.7. The zero-order valence-corrected chi connectivity index (χ0v) is 11.0. The van der Waals surface area contributed by atoms with E-state index in [9.17, 15) is 4.79 Å². The number of unbranched alkanes of at least 4 members (excludes halogenated alkanes) is 1. The molecule has 0 aromatic carbocycles. The number of thioether (sulfide) groups is 1. The van der Waals surface area contributed by atoms with Gasteiger partial charge in [0.2, 0.25) is 5.12 Å². The van der Waals surface area contributed by atoms with Crippen LogP contribution in [0.4, 0.5) is 0 Å². The van der Waals surface area contributed by atoms with Gasteiger partial charge in [0.25, 0.3) is 0 Å². The Labute approximate surface area is 96.9 Å². The Morgan fingerprint density at radius 1 is 1.33 bits per heavy atom. The van der Waals surface area contributed by atoms with E-state index in [2.05, 4.69) is 6.92 Å². The number of hydrogen-bond donors (Lipinski definition) is 0. The zero-order valence-electron chi connectivity index (χ0n) is 10.2. The van der Waals surface area contributed by atoms with E-state index < -0.39 is 5.60 Å². The molecule has 0 amide bonds. The van der Waals surface area contributed by atoms with E-state index in [0.717, 1.165) is 12.8 Å². The number of ether oxygens (including phenoxy) is 2. The lowest BCUT2D eigenvalue weighted by Crippen LogP contribution is -2.33. The van der Waals surface area contributed by atoms with Gasteiger partial charge in [0.05, 0.1) is 6.61 Å². The summed E-state index contributed by atoms with van der Waals surface area (Å²) in [6, 6.07) is 0. The highest BCUT2D eigenvalue weighted by Crippen LogP contribution is 2.19. The summed E-state index contributed by atoms with van der Waals surface area (Å²) in [6.07, 6.45) is 2.08. The molecule has 0 aliphatic carbocycles. The van der Waals surface area contributed by atoms with Crippen molar-refractivity contribution in [3.63, 3.8) is 0 Å². The van der Waals surface area contributed by atoms with Crippen LogP contribution in [0.15, 0.2) is 0 Å². The summed E-state index contributed by atoms with van der Waals surface area (Å²) >= 11 is 1.28. The predicted molar refractivity (Wildman–Crippen MR) is 64.3 cm³/mol. The fourth-order valence-electron chi connectivity index (χ4n) is 0.922. The van der Waals surface area contributed by atoms with E-state index >= 15 is 0 Å². The molecule has 0 aromatic rings. The van der Waals surface area contributed by atoms with Crippen molar-refractivity contribution in [2.75, 3.05) is 26.1 Å². The second kappa shape index (κ2) is 8.13. The topological polar surface area (TPSA) is 35.5 Å². The molecule has 0 N–H and O–H groups in total. The number of rotatable bonds is 8. The van der Waals surface area contributed by atoms with Crippen LogP contribution in [0.5, 0.6) is 0 Å². The van der Waals surface area contributed by atoms with Crippen LogP contribution in [0.3, 0.4) is 0 Å². The van der Waals surface area contributed by atoms with Crippen LogP contribution in [0.2, 0.25) is 0 Å². The van der Waals surface area contributed by atoms with Crippen molar-refractivity contribution in [2.45, 2.75) is 39.2 Å². The van der Waals surface area contributed by atoms with Gasteiger partial charge in [0, 0.05) is 19.5 Å². The first-order chi connectivity index (χ1) is 7.04. The lowest BCUT2D eigenvalue weighted by Gasteiger charge is -2.23. The summed E-state index contributed by atoms with van der Waals surface area (Å²) in [4.78, 5) is 11.7. The van der Waals surface area contributed by atoms with Crippen LogP contribution >= 0.6 is 11.8 Å². The maximum Gasteiger partial charge on any atom is 0.220 e. The molecule has 0 radical (unpaired) electrons.